The van der Waals surface area contributed by atoms with Gasteiger partial charge in [0, 0.05) is 0 Å². The number of benzene rings is 1. The number of halogens is 3. The molecule has 0 aliphatic heterocycles. The van der Waals surface area contributed by atoms with Gasteiger partial charge >= 0.3 is 0 Å². The standard InChI is InChI=1S/C7H2BrClFNS/c8-7-11-6-4(9)1-3(10)2-5(6)12-7/h1-2H. The molecular weight excluding hydrogens is 265 g/mol. The molecule has 1 aromatic carbocycles. The van der Waals surface area contributed by atoms with E-state index in [2.05, 4.69) is 20.9 Å². The number of rotatable bonds is 0. The van der Waals surface area contributed by atoms with Crippen molar-refractivity contribution in [2.45, 2.75) is 0 Å². The van der Waals surface area contributed by atoms with Crippen molar-refractivity contribution >= 4 is 49.1 Å². The van der Waals surface area contributed by atoms with E-state index in [4.69, 9.17) is 11.6 Å². The van der Waals surface area contributed by atoms with Crippen LogP contribution in [0.25, 0.3) is 10.2 Å². The summed E-state index contributed by atoms with van der Waals surface area (Å²) in [6, 6.07) is 2.68. The highest BCUT2D eigenvalue weighted by atomic mass is 79.9. The molecule has 0 saturated heterocycles. The van der Waals surface area contributed by atoms with Gasteiger partial charge < -0.3 is 0 Å². The normalized spacial score (nSPS) is 10.9. The minimum absolute atomic E-state index is 0.330. The first-order valence-electron chi connectivity index (χ1n) is 3.08. The second-order valence-electron chi connectivity index (χ2n) is 2.20. The summed E-state index contributed by atoms with van der Waals surface area (Å²) in [6.07, 6.45) is 0. The molecule has 0 aliphatic rings. The molecule has 62 valence electrons. The summed E-state index contributed by atoms with van der Waals surface area (Å²) in [5.74, 6) is -0.330. The lowest BCUT2D eigenvalue weighted by Crippen LogP contribution is -1.74. The predicted molar refractivity (Wildman–Crippen MR) is 52.3 cm³/mol. The molecule has 2 rings (SSSR count). The molecule has 0 N–H and O–H groups in total. The summed E-state index contributed by atoms with van der Waals surface area (Å²) in [4.78, 5) is 4.09. The van der Waals surface area contributed by atoms with Crippen molar-refractivity contribution in [3.63, 3.8) is 0 Å². The number of aromatic nitrogens is 1. The van der Waals surface area contributed by atoms with E-state index in [1.807, 2.05) is 0 Å². The Hall–Kier alpha value is -0.190. The fraction of sp³-hybridized carbons (Fsp3) is 0. The minimum atomic E-state index is -0.330. The average Bonchev–Trinajstić information content (AvgIpc) is 2.29. The van der Waals surface area contributed by atoms with E-state index < -0.39 is 0 Å². The Morgan fingerprint density at radius 3 is 3.00 bits per heavy atom. The second-order valence-corrected chi connectivity index (χ2v) is 4.92. The molecule has 0 bridgehead atoms. The molecule has 0 unspecified atom stereocenters. The van der Waals surface area contributed by atoms with Crippen molar-refractivity contribution in [1.82, 2.24) is 4.98 Å². The van der Waals surface area contributed by atoms with E-state index in [1.165, 1.54) is 23.5 Å². The largest absolute Gasteiger partial charge is 0.227 e. The lowest BCUT2D eigenvalue weighted by atomic mass is 10.3. The van der Waals surface area contributed by atoms with Gasteiger partial charge in [0.1, 0.15) is 11.3 Å². The van der Waals surface area contributed by atoms with E-state index >= 15 is 0 Å². The van der Waals surface area contributed by atoms with Crippen LogP contribution in [-0.2, 0) is 0 Å². The zero-order chi connectivity index (χ0) is 8.72. The second kappa shape index (κ2) is 2.94. The van der Waals surface area contributed by atoms with E-state index in [0.29, 0.717) is 14.5 Å². The van der Waals surface area contributed by atoms with Gasteiger partial charge in [-0.15, -0.1) is 11.3 Å². The Labute approximate surface area is 85.3 Å². The first-order chi connectivity index (χ1) is 5.66. The predicted octanol–water partition coefficient (Wildman–Crippen LogP) is 3.85. The maximum Gasteiger partial charge on any atom is 0.160 e. The van der Waals surface area contributed by atoms with Crippen LogP contribution < -0.4 is 0 Å². The Morgan fingerprint density at radius 1 is 1.50 bits per heavy atom. The van der Waals surface area contributed by atoms with Gasteiger partial charge in [-0.25, -0.2) is 9.37 Å². The third kappa shape index (κ3) is 1.34. The Balaban J connectivity index is 2.88. The molecule has 0 atom stereocenters. The molecule has 0 radical (unpaired) electrons. The van der Waals surface area contributed by atoms with Crippen molar-refractivity contribution in [2.75, 3.05) is 0 Å². The van der Waals surface area contributed by atoms with Gasteiger partial charge in [0.05, 0.1) is 9.72 Å². The third-order valence-corrected chi connectivity index (χ3v) is 3.13. The molecule has 0 aliphatic carbocycles. The summed E-state index contributed by atoms with van der Waals surface area (Å²) < 4.78 is 14.3. The van der Waals surface area contributed by atoms with Gasteiger partial charge in [-0.05, 0) is 28.1 Å². The monoisotopic (exact) mass is 265 g/mol. The fourth-order valence-corrected chi connectivity index (χ4v) is 2.68. The summed E-state index contributed by atoms with van der Waals surface area (Å²) >= 11 is 10.3. The average molecular weight is 267 g/mol. The van der Waals surface area contributed by atoms with E-state index in [9.17, 15) is 4.39 Å². The van der Waals surface area contributed by atoms with E-state index in [1.54, 1.807) is 0 Å². The van der Waals surface area contributed by atoms with Crippen LogP contribution in [0.3, 0.4) is 0 Å². The first kappa shape index (κ1) is 8.41. The van der Waals surface area contributed by atoms with Gasteiger partial charge in [-0.1, -0.05) is 11.6 Å². The lowest BCUT2D eigenvalue weighted by Gasteiger charge is -1.91. The van der Waals surface area contributed by atoms with Crippen molar-refractivity contribution in [1.29, 1.82) is 0 Å². The number of nitrogens with zero attached hydrogens (tertiary/aromatic N) is 1. The van der Waals surface area contributed by atoms with Crippen LogP contribution in [0.4, 0.5) is 4.39 Å². The van der Waals surface area contributed by atoms with Crippen LogP contribution in [0.5, 0.6) is 0 Å². The minimum Gasteiger partial charge on any atom is -0.227 e. The Morgan fingerprint density at radius 2 is 2.25 bits per heavy atom. The van der Waals surface area contributed by atoms with Crippen molar-refractivity contribution in [2.24, 2.45) is 0 Å². The van der Waals surface area contributed by atoms with Crippen LogP contribution in [0.1, 0.15) is 0 Å². The van der Waals surface area contributed by atoms with Crippen molar-refractivity contribution in [3.8, 4) is 0 Å². The SMILES string of the molecule is Fc1cc(Cl)c2nc(Br)sc2c1. The molecule has 0 saturated carbocycles. The van der Waals surface area contributed by atoms with Crippen LogP contribution in [0, 0.1) is 5.82 Å². The van der Waals surface area contributed by atoms with E-state index in [-0.39, 0.29) is 5.82 Å². The quantitative estimate of drug-likeness (QED) is 0.706. The molecule has 1 nitrogen and oxygen atoms in total. The van der Waals surface area contributed by atoms with Gasteiger partial charge in [0.15, 0.2) is 3.92 Å². The number of fused-ring (bicyclic) bond motifs is 1. The number of hydrogen-bond acceptors (Lipinski definition) is 2. The van der Waals surface area contributed by atoms with Gasteiger partial charge in [-0.3, -0.25) is 0 Å². The third-order valence-electron chi connectivity index (χ3n) is 1.39. The highest BCUT2D eigenvalue weighted by Gasteiger charge is 2.06. The molecule has 0 spiro atoms. The maximum absolute atomic E-state index is 12.8. The topological polar surface area (TPSA) is 12.9 Å². The fourth-order valence-electron chi connectivity index (χ4n) is 0.930. The molecule has 1 heterocycles. The van der Waals surface area contributed by atoms with Crippen LogP contribution >= 0.6 is 38.9 Å². The summed E-state index contributed by atoms with van der Waals surface area (Å²) in [7, 11) is 0. The highest BCUT2D eigenvalue weighted by Crippen LogP contribution is 2.31. The van der Waals surface area contributed by atoms with Crippen LogP contribution in [0.2, 0.25) is 5.02 Å². The van der Waals surface area contributed by atoms with Gasteiger partial charge in [0.2, 0.25) is 0 Å². The zero-order valence-corrected chi connectivity index (χ0v) is 8.80. The Bertz CT molecular complexity index is 442. The molecule has 12 heavy (non-hydrogen) atoms. The maximum atomic E-state index is 12.8. The zero-order valence-electron chi connectivity index (χ0n) is 5.64. The molecule has 1 aromatic heterocycles. The molecular formula is C7H2BrClFNS. The van der Waals surface area contributed by atoms with E-state index in [0.717, 1.165) is 4.70 Å². The summed E-state index contributed by atoms with van der Waals surface area (Å²) in [6.45, 7) is 0. The summed E-state index contributed by atoms with van der Waals surface area (Å²) in [5, 5.41) is 0.354. The highest BCUT2D eigenvalue weighted by molar-refractivity contribution is 9.11. The summed E-state index contributed by atoms with van der Waals surface area (Å²) in [5.41, 5.74) is 0.648. The molecule has 2 aromatic rings. The molecule has 5 heteroatoms. The lowest BCUT2D eigenvalue weighted by molar-refractivity contribution is 0.630. The Kier molecular flexibility index (Phi) is 2.06. The van der Waals surface area contributed by atoms with Crippen LogP contribution in [0.15, 0.2) is 16.0 Å². The molecule has 0 fully saturated rings. The smallest absolute Gasteiger partial charge is 0.160 e. The van der Waals surface area contributed by atoms with Gasteiger partial charge in [-0.2, -0.15) is 0 Å². The van der Waals surface area contributed by atoms with Crippen molar-refractivity contribution < 1.29 is 4.39 Å². The van der Waals surface area contributed by atoms with Crippen LogP contribution in [-0.4, -0.2) is 4.98 Å². The van der Waals surface area contributed by atoms with Crippen molar-refractivity contribution in [3.05, 3.63) is 26.9 Å². The first-order valence-corrected chi connectivity index (χ1v) is 5.06. The number of thiazole rings is 1. The number of hydrogen-bond donors (Lipinski definition) is 0. The molecule has 0 amide bonds. The van der Waals surface area contributed by atoms with Gasteiger partial charge in [0.25, 0.3) is 0 Å².